The van der Waals surface area contributed by atoms with Crippen molar-refractivity contribution in [1.82, 2.24) is 10.4 Å². The van der Waals surface area contributed by atoms with E-state index in [0.29, 0.717) is 75.5 Å². The van der Waals surface area contributed by atoms with E-state index in [0.717, 1.165) is 0 Å². The Balaban J connectivity index is 1.76. The van der Waals surface area contributed by atoms with Crippen LogP contribution in [0.5, 0.6) is 0 Å². The number of hydrogen-bond donors (Lipinski definition) is 1. The van der Waals surface area contributed by atoms with E-state index in [1.807, 2.05) is 22.6 Å². The van der Waals surface area contributed by atoms with Gasteiger partial charge in [-0.3, -0.25) is 14.4 Å². The zero-order valence-electron chi connectivity index (χ0n) is 18.0. The third-order valence-corrected chi connectivity index (χ3v) is 4.52. The van der Waals surface area contributed by atoms with Crippen LogP contribution in [0, 0.1) is 0 Å². The van der Waals surface area contributed by atoms with E-state index in [9.17, 15) is 19.2 Å². The zero-order valence-corrected chi connectivity index (χ0v) is 20.2. The minimum Gasteiger partial charge on any atom is -0.378 e. The molecule has 13 heteroatoms. The number of alkyl halides is 1. The maximum atomic E-state index is 11.6. The summed E-state index contributed by atoms with van der Waals surface area (Å²) in [5.41, 5.74) is 0. The fourth-order valence-corrected chi connectivity index (χ4v) is 2.52. The lowest BCUT2D eigenvalue weighted by molar-refractivity contribution is -0.198. The summed E-state index contributed by atoms with van der Waals surface area (Å²) < 4.78 is 27.0. The molecule has 32 heavy (non-hydrogen) atoms. The summed E-state index contributed by atoms with van der Waals surface area (Å²) in [6.07, 6.45) is 0.0572. The second kappa shape index (κ2) is 19.1. The Morgan fingerprint density at radius 1 is 0.750 bits per heavy atom. The molecule has 0 saturated carbocycles. The van der Waals surface area contributed by atoms with Gasteiger partial charge in [0.25, 0.3) is 11.8 Å². The van der Waals surface area contributed by atoms with Crippen LogP contribution >= 0.6 is 22.6 Å². The van der Waals surface area contributed by atoms with Crippen LogP contribution in [0.1, 0.15) is 19.3 Å². The predicted molar refractivity (Wildman–Crippen MR) is 118 cm³/mol. The van der Waals surface area contributed by atoms with E-state index in [2.05, 4.69) is 5.32 Å². The van der Waals surface area contributed by atoms with Gasteiger partial charge in [0.2, 0.25) is 5.91 Å². The van der Waals surface area contributed by atoms with Crippen LogP contribution in [0.15, 0.2) is 0 Å². The maximum absolute atomic E-state index is 11.6. The van der Waals surface area contributed by atoms with Crippen molar-refractivity contribution < 1.29 is 47.7 Å². The Morgan fingerprint density at radius 3 is 1.66 bits per heavy atom. The van der Waals surface area contributed by atoms with Gasteiger partial charge in [0, 0.05) is 19.4 Å². The quantitative estimate of drug-likeness (QED) is 0.0886. The number of hydrogen-bond acceptors (Lipinski definition) is 10. The van der Waals surface area contributed by atoms with Gasteiger partial charge in [-0.05, 0) is 0 Å². The summed E-state index contributed by atoms with van der Waals surface area (Å²) >= 11 is 2.00. The molecular weight excluding hydrogens is 543 g/mol. The van der Waals surface area contributed by atoms with Gasteiger partial charge in [-0.2, -0.15) is 0 Å². The van der Waals surface area contributed by atoms with Crippen molar-refractivity contribution in [3.63, 3.8) is 0 Å². The van der Waals surface area contributed by atoms with E-state index in [1.165, 1.54) is 0 Å². The molecule has 0 aromatic rings. The summed E-state index contributed by atoms with van der Waals surface area (Å²) in [7, 11) is 0. The topological polar surface area (TPSA) is 139 Å². The van der Waals surface area contributed by atoms with Crippen molar-refractivity contribution in [3.05, 3.63) is 0 Å². The molecule has 0 radical (unpaired) electrons. The fraction of sp³-hybridized carbons (Fsp3) is 0.789. The van der Waals surface area contributed by atoms with Gasteiger partial charge in [-0.1, -0.05) is 22.6 Å². The highest BCUT2D eigenvalue weighted by atomic mass is 127. The molecule has 184 valence electrons. The molecule has 1 saturated heterocycles. The van der Waals surface area contributed by atoms with Gasteiger partial charge in [-0.25, -0.2) is 4.79 Å². The van der Waals surface area contributed by atoms with Gasteiger partial charge < -0.3 is 33.8 Å². The first-order valence-corrected chi connectivity index (χ1v) is 11.8. The highest BCUT2D eigenvalue weighted by molar-refractivity contribution is 14.1. The third kappa shape index (κ3) is 14.6. The number of amides is 3. The lowest BCUT2D eigenvalue weighted by Crippen LogP contribution is -2.32. The molecule has 1 heterocycles. The van der Waals surface area contributed by atoms with E-state index in [1.54, 1.807) is 0 Å². The standard InChI is InChI=1S/C19H31IN2O10/c20-15-16(23)21-4-6-28-8-10-30-12-14-31-13-11-29-9-7-27-5-3-19(26)32-22-17(24)1-2-18(22)25/h1-15H2,(H,21,23). The molecule has 12 nitrogen and oxygen atoms in total. The van der Waals surface area contributed by atoms with E-state index in [4.69, 9.17) is 28.5 Å². The summed E-state index contributed by atoms with van der Waals surface area (Å²) in [5, 5.41) is 3.22. The van der Waals surface area contributed by atoms with Gasteiger partial charge in [-0.15, -0.1) is 5.06 Å². The first-order valence-electron chi connectivity index (χ1n) is 10.3. The molecule has 1 fully saturated rings. The summed E-state index contributed by atoms with van der Waals surface area (Å²) in [5.74, 6) is -1.72. The molecule has 1 rings (SSSR count). The maximum Gasteiger partial charge on any atom is 0.335 e. The van der Waals surface area contributed by atoms with Crippen molar-refractivity contribution in [3.8, 4) is 0 Å². The molecule has 0 atom stereocenters. The van der Waals surface area contributed by atoms with Crippen LogP contribution in [0.2, 0.25) is 0 Å². The van der Waals surface area contributed by atoms with Crippen LogP contribution in [-0.4, -0.2) is 106 Å². The SMILES string of the molecule is O=C(CI)NCCOCCOCCOCCOCCOCCC(=O)ON1C(=O)CCC1=O. The van der Waals surface area contributed by atoms with Crippen LogP contribution in [0.25, 0.3) is 0 Å². The average molecular weight is 574 g/mol. The van der Waals surface area contributed by atoms with E-state index in [-0.39, 0.29) is 31.8 Å². The smallest absolute Gasteiger partial charge is 0.335 e. The first kappa shape index (κ1) is 28.6. The summed E-state index contributed by atoms with van der Waals surface area (Å²) in [4.78, 5) is 49.9. The largest absolute Gasteiger partial charge is 0.378 e. The number of hydroxylamine groups is 2. The Kier molecular flexibility index (Phi) is 17.1. The number of carbonyl (C=O) groups is 4. The Bertz CT molecular complexity index is 562. The number of carbonyl (C=O) groups excluding carboxylic acids is 4. The van der Waals surface area contributed by atoms with E-state index < -0.39 is 17.8 Å². The second-order valence-corrected chi connectivity index (χ2v) is 7.10. The van der Waals surface area contributed by atoms with Crippen LogP contribution in [0.4, 0.5) is 0 Å². The van der Waals surface area contributed by atoms with Gasteiger partial charge >= 0.3 is 5.97 Å². The summed E-state index contributed by atoms with van der Waals surface area (Å²) in [6.45, 7) is 4.29. The fourth-order valence-electron chi connectivity index (χ4n) is 2.25. The van der Waals surface area contributed by atoms with Crippen LogP contribution in [-0.2, 0) is 47.7 Å². The molecule has 1 aliphatic rings. The first-order chi connectivity index (χ1) is 15.5. The number of imide groups is 1. The molecule has 0 spiro atoms. The minimum atomic E-state index is -0.697. The molecule has 0 aliphatic carbocycles. The Labute approximate surface area is 200 Å². The third-order valence-electron chi connectivity index (χ3n) is 3.83. The highest BCUT2D eigenvalue weighted by Crippen LogP contribution is 2.12. The zero-order chi connectivity index (χ0) is 23.4. The van der Waals surface area contributed by atoms with Crippen molar-refractivity contribution in [2.45, 2.75) is 19.3 Å². The molecule has 3 amide bonds. The van der Waals surface area contributed by atoms with Gasteiger partial charge in [0.05, 0.1) is 76.9 Å². The molecular formula is C19H31IN2O10. The van der Waals surface area contributed by atoms with Crippen molar-refractivity contribution in [2.75, 3.05) is 77.0 Å². The number of rotatable bonds is 20. The van der Waals surface area contributed by atoms with Crippen molar-refractivity contribution in [1.29, 1.82) is 0 Å². The molecule has 0 unspecified atom stereocenters. The Morgan fingerprint density at radius 2 is 1.19 bits per heavy atom. The highest BCUT2D eigenvalue weighted by Gasteiger charge is 2.32. The van der Waals surface area contributed by atoms with Crippen molar-refractivity contribution >= 4 is 46.3 Å². The lowest BCUT2D eigenvalue weighted by Gasteiger charge is -2.12. The molecule has 0 bridgehead atoms. The lowest BCUT2D eigenvalue weighted by atomic mass is 10.4. The normalized spacial score (nSPS) is 13.6. The molecule has 1 N–H and O–H groups in total. The Hall–Kier alpha value is -1.39. The molecule has 0 aromatic carbocycles. The second-order valence-electron chi connectivity index (χ2n) is 6.34. The minimum absolute atomic E-state index is 0.00621. The van der Waals surface area contributed by atoms with Crippen LogP contribution < -0.4 is 5.32 Å². The van der Waals surface area contributed by atoms with Gasteiger partial charge in [0.15, 0.2) is 0 Å². The van der Waals surface area contributed by atoms with E-state index >= 15 is 0 Å². The number of halogens is 1. The number of nitrogens with one attached hydrogen (secondary N) is 1. The number of nitrogens with zero attached hydrogens (tertiary/aromatic N) is 1. The molecule has 0 aromatic heterocycles. The molecule has 1 aliphatic heterocycles. The van der Waals surface area contributed by atoms with Crippen molar-refractivity contribution in [2.24, 2.45) is 0 Å². The monoisotopic (exact) mass is 574 g/mol. The average Bonchev–Trinajstić information content (AvgIpc) is 3.10. The van der Waals surface area contributed by atoms with Crippen LogP contribution in [0.3, 0.4) is 0 Å². The van der Waals surface area contributed by atoms with Gasteiger partial charge in [0.1, 0.15) is 0 Å². The predicted octanol–water partition coefficient (Wildman–Crippen LogP) is -0.382. The number of ether oxygens (including phenoxy) is 5. The summed E-state index contributed by atoms with van der Waals surface area (Å²) in [6, 6.07) is 0.